The first kappa shape index (κ1) is 27.0. The Balaban J connectivity index is 1.19. The Morgan fingerprint density at radius 1 is 1.07 bits per heavy atom. The highest BCUT2D eigenvalue weighted by molar-refractivity contribution is 7.17. The number of carbonyl (C=O) groups is 1. The van der Waals surface area contributed by atoms with Crippen LogP contribution in [0.15, 0.2) is 73.4 Å². The van der Waals surface area contributed by atoms with Crippen LogP contribution >= 0.6 is 11.3 Å². The lowest BCUT2D eigenvalue weighted by Crippen LogP contribution is -2.48. The smallest absolute Gasteiger partial charge is 0.268 e. The zero-order chi connectivity index (χ0) is 29.5. The molecule has 2 N–H and O–H groups in total. The van der Waals surface area contributed by atoms with Gasteiger partial charge in [0.2, 0.25) is 0 Å². The standard InChI is InChI=1S/C30H26FN9O2S/c1-18-28(43-30(34-18)20-8-10-32-11-9-20)29(42)36-24-16-40-25(35-24)7-6-23(37-40)27-26(19-2-4-21(31)5-3-19)33-17-39(27)22-14-38(15-22)12-13-41/h2-11,16-17,22,41H,12-15H2,1H3,(H,36,42). The van der Waals surface area contributed by atoms with Crippen LogP contribution in [0.1, 0.15) is 21.4 Å². The molecule has 0 bridgehead atoms. The van der Waals surface area contributed by atoms with Crippen LogP contribution in [0.3, 0.4) is 0 Å². The molecule has 43 heavy (non-hydrogen) atoms. The molecule has 1 aromatic carbocycles. The van der Waals surface area contributed by atoms with E-state index in [0.29, 0.717) is 40.0 Å². The van der Waals surface area contributed by atoms with E-state index in [1.807, 2.05) is 24.3 Å². The number of hydrogen-bond donors (Lipinski definition) is 2. The van der Waals surface area contributed by atoms with Crippen molar-refractivity contribution in [1.29, 1.82) is 0 Å². The second-order valence-corrected chi connectivity index (χ2v) is 11.3. The van der Waals surface area contributed by atoms with E-state index in [2.05, 4.69) is 29.7 Å². The van der Waals surface area contributed by atoms with Gasteiger partial charge < -0.3 is 15.0 Å². The number of hydrogen-bond acceptors (Lipinski definition) is 9. The molecular formula is C30H26FN9O2S. The lowest BCUT2D eigenvalue weighted by atomic mass is 10.1. The highest BCUT2D eigenvalue weighted by Gasteiger charge is 2.31. The fourth-order valence-electron chi connectivity index (χ4n) is 5.22. The third-order valence-electron chi connectivity index (χ3n) is 7.39. The number of aryl methyl sites for hydroxylation is 1. The minimum Gasteiger partial charge on any atom is -0.395 e. The van der Waals surface area contributed by atoms with E-state index in [9.17, 15) is 14.3 Å². The highest BCUT2D eigenvalue weighted by atomic mass is 32.1. The van der Waals surface area contributed by atoms with Crippen LogP contribution in [-0.2, 0) is 0 Å². The van der Waals surface area contributed by atoms with Gasteiger partial charge in [0.15, 0.2) is 11.5 Å². The zero-order valence-corrected chi connectivity index (χ0v) is 23.9. The van der Waals surface area contributed by atoms with Crippen molar-refractivity contribution in [2.75, 3.05) is 31.6 Å². The molecule has 1 amide bonds. The van der Waals surface area contributed by atoms with Gasteiger partial charge in [0.1, 0.15) is 21.4 Å². The van der Waals surface area contributed by atoms with Crippen LogP contribution < -0.4 is 5.32 Å². The molecule has 1 aliphatic rings. The van der Waals surface area contributed by atoms with Gasteiger partial charge in [-0.2, -0.15) is 5.10 Å². The fraction of sp³-hybridized carbons (Fsp3) is 0.200. The summed E-state index contributed by atoms with van der Waals surface area (Å²) in [6, 6.07) is 13.8. The quantitative estimate of drug-likeness (QED) is 0.266. The molecule has 7 rings (SSSR count). The van der Waals surface area contributed by atoms with Gasteiger partial charge in [0, 0.05) is 43.2 Å². The molecule has 0 spiro atoms. The second kappa shape index (κ2) is 11.1. The number of rotatable bonds is 8. The summed E-state index contributed by atoms with van der Waals surface area (Å²) in [7, 11) is 0. The maximum absolute atomic E-state index is 13.7. The van der Waals surface area contributed by atoms with Gasteiger partial charge in [-0.05, 0) is 55.5 Å². The minimum atomic E-state index is -0.321. The number of nitrogens with zero attached hydrogens (tertiary/aromatic N) is 8. The van der Waals surface area contributed by atoms with E-state index in [0.717, 1.165) is 34.9 Å². The minimum absolute atomic E-state index is 0.108. The average Bonchev–Trinajstić information content (AvgIpc) is 3.71. The predicted molar refractivity (Wildman–Crippen MR) is 160 cm³/mol. The monoisotopic (exact) mass is 595 g/mol. The molecule has 0 aliphatic carbocycles. The molecule has 0 unspecified atom stereocenters. The summed E-state index contributed by atoms with van der Waals surface area (Å²) < 4.78 is 17.4. The summed E-state index contributed by atoms with van der Waals surface area (Å²) in [5.41, 5.74) is 5.00. The first-order valence-electron chi connectivity index (χ1n) is 13.7. The second-order valence-electron chi connectivity index (χ2n) is 10.3. The van der Waals surface area contributed by atoms with Gasteiger partial charge in [-0.15, -0.1) is 11.3 Å². The maximum Gasteiger partial charge on any atom is 0.268 e. The number of anilines is 1. The van der Waals surface area contributed by atoms with Gasteiger partial charge in [0.25, 0.3) is 5.91 Å². The molecule has 6 heterocycles. The number of halogens is 1. The Morgan fingerprint density at radius 3 is 2.63 bits per heavy atom. The summed E-state index contributed by atoms with van der Waals surface area (Å²) in [4.78, 5) is 33.7. The van der Waals surface area contributed by atoms with Crippen molar-refractivity contribution in [3.05, 3.63) is 89.8 Å². The number of aromatic nitrogens is 7. The summed E-state index contributed by atoms with van der Waals surface area (Å²) >= 11 is 1.31. The number of pyridine rings is 1. The number of thiazole rings is 1. The first-order valence-corrected chi connectivity index (χ1v) is 14.5. The third kappa shape index (κ3) is 5.18. The Labute approximate surface area is 249 Å². The molecule has 1 saturated heterocycles. The molecule has 216 valence electrons. The summed E-state index contributed by atoms with van der Waals surface area (Å²) in [6.07, 6.45) is 6.84. The van der Waals surface area contributed by atoms with Gasteiger partial charge in [-0.25, -0.2) is 23.9 Å². The van der Waals surface area contributed by atoms with Crippen LogP contribution in [0, 0.1) is 12.7 Å². The maximum atomic E-state index is 13.7. The van der Waals surface area contributed by atoms with Gasteiger partial charge in [0.05, 0.1) is 42.3 Å². The lowest BCUT2D eigenvalue weighted by molar-refractivity contribution is 0.0846. The number of β-amino-alcohol motifs (C(OH)–C–C–N with tert-alkyl or cyclic N) is 1. The number of nitrogens with one attached hydrogen (secondary N) is 1. The Bertz CT molecular complexity index is 1930. The number of aliphatic hydroxyl groups is 1. The largest absolute Gasteiger partial charge is 0.395 e. The third-order valence-corrected chi connectivity index (χ3v) is 8.60. The Hall–Kier alpha value is -4.85. The molecule has 0 radical (unpaired) electrons. The number of imidazole rings is 2. The van der Waals surface area contributed by atoms with E-state index in [4.69, 9.17) is 10.1 Å². The van der Waals surface area contributed by atoms with Crippen molar-refractivity contribution < 1.29 is 14.3 Å². The summed E-state index contributed by atoms with van der Waals surface area (Å²) in [6.45, 7) is 4.08. The van der Waals surface area contributed by atoms with E-state index in [-0.39, 0.29) is 24.4 Å². The Kier molecular flexibility index (Phi) is 6.97. The molecule has 11 nitrogen and oxygen atoms in total. The van der Waals surface area contributed by atoms with Crippen molar-refractivity contribution in [3.63, 3.8) is 0 Å². The molecule has 1 fully saturated rings. The molecule has 0 saturated carbocycles. The van der Waals surface area contributed by atoms with Crippen molar-refractivity contribution in [1.82, 2.24) is 39.0 Å². The highest BCUT2D eigenvalue weighted by Crippen LogP contribution is 2.35. The van der Waals surface area contributed by atoms with Crippen molar-refractivity contribution in [3.8, 4) is 33.2 Å². The van der Waals surface area contributed by atoms with Crippen LogP contribution in [0.4, 0.5) is 10.2 Å². The number of benzene rings is 1. The molecule has 1 aliphatic heterocycles. The van der Waals surface area contributed by atoms with Crippen LogP contribution in [0.5, 0.6) is 0 Å². The van der Waals surface area contributed by atoms with Gasteiger partial charge in [-0.1, -0.05) is 0 Å². The van der Waals surface area contributed by atoms with E-state index >= 15 is 0 Å². The van der Waals surface area contributed by atoms with Crippen molar-refractivity contribution in [2.45, 2.75) is 13.0 Å². The normalized spacial score (nSPS) is 13.8. The molecule has 0 atom stereocenters. The number of aliphatic hydroxyl groups excluding tert-OH is 1. The van der Waals surface area contributed by atoms with Crippen LogP contribution in [0.25, 0.3) is 38.9 Å². The molecule has 13 heteroatoms. The van der Waals surface area contributed by atoms with Gasteiger partial charge in [-0.3, -0.25) is 14.7 Å². The fourth-order valence-corrected chi connectivity index (χ4v) is 6.19. The first-order chi connectivity index (χ1) is 21.0. The Morgan fingerprint density at radius 2 is 1.86 bits per heavy atom. The number of fused-ring (bicyclic) bond motifs is 1. The topological polar surface area (TPSA) is 126 Å². The van der Waals surface area contributed by atoms with E-state index in [1.54, 1.807) is 48.5 Å². The van der Waals surface area contributed by atoms with Crippen molar-refractivity contribution >= 4 is 28.7 Å². The molecule has 6 aromatic rings. The van der Waals surface area contributed by atoms with E-state index in [1.165, 1.54) is 23.5 Å². The van der Waals surface area contributed by atoms with Crippen molar-refractivity contribution in [2.24, 2.45) is 0 Å². The SMILES string of the molecule is Cc1nc(-c2ccncc2)sc1C(=O)Nc1cn2nc(-c3c(-c4ccc(F)cc4)ncn3C3CN(CCO)C3)ccc2n1. The van der Waals surface area contributed by atoms with Crippen LogP contribution in [-0.4, -0.2) is 76.3 Å². The lowest BCUT2D eigenvalue weighted by Gasteiger charge is -2.40. The molecular weight excluding hydrogens is 569 g/mol. The van der Waals surface area contributed by atoms with Crippen LogP contribution in [0.2, 0.25) is 0 Å². The molecule has 5 aromatic heterocycles. The number of amides is 1. The predicted octanol–water partition coefficient (Wildman–Crippen LogP) is 4.33. The number of carbonyl (C=O) groups excluding carboxylic acids is 1. The summed E-state index contributed by atoms with van der Waals surface area (Å²) in [5, 5.41) is 17.8. The van der Waals surface area contributed by atoms with E-state index < -0.39 is 0 Å². The number of likely N-dealkylation sites (tertiary alicyclic amines) is 1. The average molecular weight is 596 g/mol. The summed E-state index contributed by atoms with van der Waals surface area (Å²) in [5.74, 6) is -0.259. The van der Waals surface area contributed by atoms with Gasteiger partial charge >= 0.3 is 0 Å². The zero-order valence-electron chi connectivity index (χ0n) is 23.1.